The maximum Gasteiger partial charge on any atom is 0.275 e. The van der Waals surface area contributed by atoms with Crippen LogP contribution in [0.2, 0.25) is 0 Å². The van der Waals surface area contributed by atoms with Crippen molar-refractivity contribution in [3.8, 4) is 0 Å². The second kappa shape index (κ2) is 7.83. The number of benzene rings is 3. The predicted octanol–water partition coefficient (Wildman–Crippen LogP) is 5.30. The third kappa shape index (κ3) is 3.67. The van der Waals surface area contributed by atoms with Gasteiger partial charge >= 0.3 is 0 Å². The Morgan fingerprint density at radius 2 is 1.63 bits per heavy atom. The van der Waals surface area contributed by atoms with Gasteiger partial charge in [0.25, 0.3) is 11.6 Å². The molecule has 1 N–H and O–H groups in total. The van der Waals surface area contributed by atoms with Crippen molar-refractivity contribution in [2.24, 2.45) is 0 Å². The molecule has 0 radical (unpaired) electrons. The summed E-state index contributed by atoms with van der Waals surface area (Å²) < 4.78 is 0. The first-order valence-electron chi connectivity index (χ1n) is 9.63. The van der Waals surface area contributed by atoms with Gasteiger partial charge in [0.2, 0.25) is 0 Å². The van der Waals surface area contributed by atoms with Gasteiger partial charge < -0.3 is 5.32 Å². The van der Waals surface area contributed by atoms with Gasteiger partial charge in [0, 0.05) is 17.4 Å². The van der Waals surface area contributed by atoms with E-state index < -0.39 is 11.0 Å². The number of nitro benzene ring substituents is 1. The Morgan fingerprint density at radius 1 is 0.933 bits per heavy atom. The van der Waals surface area contributed by atoms with Crippen molar-refractivity contribution in [1.29, 1.82) is 0 Å². The van der Waals surface area contributed by atoms with E-state index in [0.29, 0.717) is 16.9 Å². The van der Waals surface area contributed by atoms with E-state index in [4.69, 9.17) is 0 Å². The number of carbonyl (C=O) groups excluding carboxylic acids is 1. The molecule has 1 atom stereocenters. The summed E-state index contributed by atoms with van der Waals surface area (Å²) in [6.45, 7) is 3.93. The minimum atomic E-state index is -0.590. The molecule has 3 aromatic carbocycles. The molecule has 0 fully saturated rings. The molecule has 150 valence electrons. The van der Waals surface area contributed by atoms with Gasteiger partial charge in [-0.25, -0.2) is 0 Å². The highest BCUT2D eigenvalue weighted by atomic mass is 16.6. The quantitative estimate of drug-likeness (QED) is 0.467. The molecule has 1 aliphatic rings. The van der Waals surface area contributed by atoms with Crippen molar-refractivity contribution in [3.05, 3.63) is 111 Å². The SMILES string of the molecule is Cc1cccc(NC2=C[C@@H](c3ccccc3[N+](=O)[O-])N(c3cccc(C)c3)C2=O)c1. The Morgan fingerprint density at radius 3 is 2.33 bits per heavy atom. The monoisotopic (exact) mass is 399 g/mol. The van der Waals surface area contributed by atoms with Gasteiger partial charge in [0.1, 0.15) is 5.70 Å². The Hall–Kier alpha value is -3.93. The molecule has 4 rings (SSSR count). The fraction of sp³-hybridized carbons (Fsp3) is 0.125. The summed E-state index contributed by atoms with van der Waals surface area (Å²) in [5, 5.41) is 14.8. The first kappa shape index (κ1) is 19.4. The molecule has 0 saturated carbocycles. The van der Waals surface area contributed by atoms with Crippen LogP contribution in [0.3, 0.4) is 0 Å². The smallest absolute Gasteiger partial charge is 0.275 e. The zero-order valence-electron chi connectivity index (χ0n) is 16.7. The number of hydrogen-bond acceptors (Lipinski definition) is 4. The number of nitro groups is 1. The zero-order chi connectivity index (χ0) is 21.3. The number of amides is 1. The molecule has 0 saturated heterocycles. The number of nitrogens with zero attached hydrogens (tertiary/aromatic N) is 2. The summed E-state index contributed by atoms with van der Waals surface area (Å²) in [4.78, 5) is 26.2. The molecule has 1 aliphatic heterocycles. The lowest BCUT2D eigenvalue weighted by Crippen LogP contribution is -2.31. The van der Waals surface area contributed by atoms with Crippen LogP contribution in [-0.2, 0) is 4.79 Å². The van der Waals surface area contributed by atoms with E-state index in [1.165, 1.54) is 6.07 Å². The summed E-state index contributed by atoms with van der Waals surface area (Å²) in [6.07, 6.45) is 1.76. The van der Waals surface area contributed by atoms with Crippen LogP contribution in [0.25, 0.3) is 0 Å². The van der Waals surface area contributed by atoms with Gasteiger partial charge in [0.15, 0.2) is 0 Å². The summed E-state index contributed by atoms with van der Waals surface area (Å²) in [6, 6.07) is 21.3. The highest BCUT2D eigenvalue weighted by Gasteiger charge is 2.37. The highest BCUT2D eigenvalue weighted by molar-refractivity contribution is 6.11. The Bertz CT molecular complexity index is 1170. The van der Waals surface area contributed by atoms with Gasteiger partial charge in [-0.2, -0.15) is 0 Å². The molecular weight excluding hydrogens is 378 g/mol. The number of nitrogens with one attached hydrogen (secondary N) is 1. The van der Waals surface area contributed by atoms with Crippen molar-refractivity contribution in [2.75, 3.05) is 10.2 Å². The minimum absolute atomic E-state index is 0.0130. The first-order chi connectivity index (χ1) is 14.4. The van der Waals surface area contributed by atoms with Crippen LogP contribution in [0.15, 0.2) is 84.6 Å². The van der Waals surface area contributed by atoms with E-state index in [1.54, 1.807) is 29.2 Å². The molecule has 3 aromatic rings. The van der Waals surface area contributed by atoms with Crippen LogP contribution >= 0.6 is 0 Å². The molecule has 0 unspecified atom stereocenters. The van der Waals surface area contributed by atoms with Gasteiger partial charge in [-0.3, -0.25) is 19.8 Å². The van der Waals surface area contributed by atoms with Crippen molar-refractivity contribution < 1.29 is 9.72 Å². The van der Waals surface area contributed by atoms with E-state index in [2.05, 4.69) is 5.32 Å². The number of para-hydroxylation sites is 1. The van der Waals surface area contributed by atoms with Crippen LogP contribution in [0, 0.1) is 24.0 Å². The molecule has 0 aromatic heterocycles. The molecule has 0 bridgehead atoms. The lowest BCUT2D eigenvalue weighted by atomic mass is 10.0. The van der Waals surface area contributed by atoms with E-state index >= 15 is 0 Å². The summed E-state index contributed by atoms with van der Waals surface area (Å²) in [5.74, 6) is -0.231. The number of anilines is 2. The van der Waals surface area contributed by atoms with Crippen molar-refractivity contribution in [2.45, 2.75) is 19.9 Å². The largest absolute Gasteiger partial charge is 0.351 e. The normalized spacial score (nSPS) is 15.8. The lowest BCUT2D eigenvalue weighted by Gasteiger charge is -2.25. The number of hydrogen-bond donors (Lipinski definition) is 1. The van der Waals surface area contributed by atoms with Crippen molar-refractivity contribution in [3.63, 3.8) is 0 Å². The fourth-order valence-corrected chi connectivity index (χ4v) is 3.72. The topological polar surface area (TPSA) is 75.5 Å². The third-order valence-corrected chi connectivity index (χ3v) is 5.08. The number of aryl methyl sites for hydroxylation is 2. The molecule has 6 heteroatoms. The third-order valence-electron chi connectivity index (χ3n) is 5.08. The second-order valence-electron chi connectivity index (χ2n) is 7.35. The molecular formula is C24H21N3O3. The number of rotatable bonds is 5. The fourth-order valence-electron chi connectivity index (χ4n) is 3.72. The molecule has 6 nitrogen and oxygen atoms in total. The Balaban J connectivity index is 1.81. The predicted molar refractivity (Wildman–Crippen MR) is 117 cm³/mol. The van der Waals surface area contributed by atoms with Gasteiger partial charge in [0.05, 0.1) is 16.5 Å². The summed E-state index contributed by atoms with van der Waals surface area (Å²) in [7, 11) is 0. The standard InChI is InChI=1S/C24H21N3O3/c1-16-7-5-9-18(13-16)25-21-15-23(20-11-3-4-12-22(20)27(29)30)26(24(21)28)19-10-6-8-17(2)14-19/h3-15,23,25H,1-2H3/t23-/m0/s1. The summed E-state index contributed by atoms with van der Waals surface area (Å²) >= 11 is 0. The summed E-state index contributed by atoms with van der Waals surface area (Å²) in [5.41, 5.74) is 4.41. The maximum absolute atomic E-state index is 13.4. The molecule has 30 heavy (non-hydrogen) atoms. The number of carbonyl (C=O) groups is 1. The van der Waals surface area contributed by atoms with E-state index in [0.717, 1.165) is 16.8 Å². The van der Waals surface area contributed by atoms with Crippen LogP contribution in [-0.4, -0.2) is 10.8 Å². The minimum Gasteiger partial charge on any atom is -0.351 e. The van der Waals surface area contributed by atoms with Crippen LogP contribution in [0.1, 0.15) is 22.7 Å². The average molecular weight is 399 g/mol. The van der Waals surface area contributed by atoms with Crippen LogP contribution < -0.4 is 10.2 Å². The second-order valence-corrected chi connectivity index (χ2v) is 7.35. The van der Waals surface area contributed by atoms with Crippen LogP contribution in [0.5, 0.6) is 0 Å². The molecule has 0 spiro atoms. The average Bonchev–Trinajstić information content (AvgIpc) is 3.04. The zero-order valence-corrected chi connectivity index (χ0v) is 16.7. The molecule has 1 heterocycles. The van der Waals surface area contributed by atoms with Crippen molar-refractivity contribution in [1.82, 2.24) is 0 Å². The maximum atomic E-state index is 13.4. The first-order valence-corrected chi connectivity index (χ1v) is 9.63. The van der Waals surface area contributed by atoms with Crippen LogP contribution in [0.4, 0.5) is 17.1 Å². The van der Waals surface area contributed by atoms with E-state index in [-0.39, 0.29) is 11.6 Å². The lowest BCUT2D eigenvalue weighted by molar-refractivity contribution is -0.385. The Kier molecular flexibility index (Phi) is 5.06. The van der Waals surface area contributed by atoms with Gasteiger partial charge in [-0.15, -0.1) is 0 Å². The van der Waals surface area contributed by atoms with Gasteiger partial charge in [-0.05, 0) is 61.4 Å². The Labute approximate surface area is 174 Å². The van der Waals surface area contributed by atoms with E-state index in [1.807, 2.05) is 62.4 Å². The molecule has 0 aliphatic carbocycles. The van der Waals surface area contributed by atoms with E-state index in [9.17, 15) is 14.9 Å². The molecule has 1 amide bonds. The highest BCUT2D eigenvalue weighted by Crippen LogP contribution is 2.39. The van der Waals surface area contributed by atoms with Crippen molar-refractivity contribution >= 4 is 23.0 Å². The van der Waals surface area contributed by atoms with Gasteiger partial charge in [-0.1, -0.05) is 36.4 Å².